The molecule has 0 radical (unpaired) electrons. The third-order valence-electron chi connectivity index (χ3n) is 12.0. The fraction of sp³-hybridized carbons (Fsp3) is 0.765. The van der Waals surface area contributed by atoms with Gasteiger partial charge in [-0.3, -0.25) is 9.25 Å². The summed E-state index contributed by atoms with van der Waals surface area (Å²) in [5, 5.41) is 3.91. The van der Waals surface area contributed by atoms with Gasteiger partial charge in [-0.2, -0.15) is 5.10 Å². The minimum atomic E-state index is -2.61. The number of nitrogens with zero attached hydrogens (tertiary/aromatic N) is 6. The third kappa shape index (κ3) is 7.69. The van der Waals surface area contributed by atoms with Crippen molar-refractivity contribution in [1.82, 2.24) is 29.3 Å². The zero-order chi connectivity index (χ0) is 36.4. The Hall–Kier alpha value is -1.95. The van der Waals surface area contributed by atoms with Crippen molar-refractivity contribution >= 4 is 41.9 Å². The van der Waals surface area contributed by atoms with Crippen LogP contribution in [0.3, 0.4) is 0 Å². The fourth-order valence-corrected chi connectivity index (χ4v) is 8.50. The number of fused-ring (bicyclic) bond motifs is 1. The first-order chi connectivity index (χ1) is 21.7. The van der Waals surface area contributed by atoms with Gasteiger partial charge >= 0.3 is 0 Å². The topological polar surface area (TPSA) is 146 Å². The van der Waals surface area contributed by atoms with Crippen LogP contribution in [0.4, 0.5) is 5.82 Å². The number of anilines is 1. The van der Waals surface area contributed by atoms with Gasteiger partial charge in [-0.05, 0) is 87.0 Å². The lowest BCUT2D eigenvalue weighted by molar-refractivity contribution is -0.0353. The summed E-state index contributed by atoms with van der Waals surface area (Å²) in [5.74, 6) is 0.803. The van der Waals surface area contributed by atoms with E-state index in [1.807, 2.05) is 41.6 Å². The lowest BCUT2D eigenvalue weighted by Gasteiger charge is -2.43. The van der Waals surface area contributed by atoms with E-state index in [4.69, 9.17) is 24.9 Å². The van der Waals surface area contributed by atoms with Crippen LogP contribution >= 0.6 is 0 Å². The summed E-state index contributed by atoms with van der Waals surface area (Å²) in [7, 11) is -7.29. The van der Waals surface area contributed by atoms with Crippen molar-refractivity contribution < 1.29 is 18.8 Å². The Balaban J connectivity index is 1.88. The second kappa shape index (κ2) is 13.0. The quantitative estimate of drug-likeness (QED) is 0.160. The molecule has 0 bridgehead atoms. The van der Waals surface area contributed by atoms with Gasteiger partial charge in [0.1, 0.15) is 11.7 Å². The Morgan fingerprint density at radius 2 is 1.48 bits per heavy atom. The minimum absolute atomic E-state index is 0.0247. The molecule has 0 spiro atoms. The van der Waals surface area contributed by atoms with E-state index >= 15 is 0 Å². The normalized spacial score (nSPS) is 22.0. The Labute approximate surface area is 291 Å². The van der Waals surface area contributed by atoms with Crippen LogP contribution in [0.25, 0.3) is 22.6 Å². The molecule has 3 aromatic rings. The molecule has 0 aromatic carbocycles. The molecule has 4 N–H and O–H groups in total. The van der Waals surface area contributed by atoms with Gasteiger partial charge in [-0.15, -0.1) is 0 Å². The van der Waals surface area contributed by atoms with Crippen LogP contribution in [0.5, 0.6) is 0 Å². The van der Waals surface area contributed by atoms with Crippen molar-refractivity contribution in [2.45, 2.75) is 148 Å². The Morgan fingerprint density at radius 3 is 1.98 bits per heavy atom. The van der Waals surface area contributed by atoms with Crippen molar-refractivity contribution in [3.63, 3.8) is 0 Å². The summed E-state index contributed by atoms with van der Waals surface area (Å²) in [6.07, 6.45) is 6.29. The van der Waals surface area contributed by atoms with Crippen LogP contribution in [0.1, 0.15) is 87.4 Å². The Kier molecular flexibility index (Phi) is 10.5. The predicted octanol–water partition coefficient (Wildman–Crippen LogP) is 7.74. The number of aromatic nitrogens is 6. The summed E-state index contributed by atoms with van der Waals surface area (Å²) in [4.78, 5) is 37.4. The highest BCUT2D eigenvalue weighted by Gasteiger charge is 2.54. The number of nitrogen functional groups attached to an aromatic ring is 1. The van der Waals surface area contributed by atoms with Gasteiger partial charge in [0.05, 0.1) is 30.8 Å². The monoisotopic (exact) mass is 717 g/mol. The number of hydrogen-bond acceptors (Lipinski definition) is 9. The van der Waals surface area contributed by atoms with E-state index in [0.717, 1.165) is 18.4 Å². The SMILES string of the molecule is CC(C)n1cc(-c2nc(N)c3ncn(C4O[C@H](CO[Si](C)(C)C(C)(C)C)[C@@H](CC(C)(C)[Si](C)(C)O)C4CC(C)(C)[Si](C)(C)O)c3n2)cn1. The molecule has 0 aliphatic carbocycles. The van der Waals surface area contributed by atoms with Crippen LogP contribution in [-0.2, 0) is 9.16 Å². The van der Waals surface area contributed by atoms with E-state index in [1.165, 1.54) is 0 Å². The molecule has 1 aliphatic rings. The highest BCUT2D eigenvalue weighted by Crippen LogP contribution is 2.56. The van der Waals surface area contributed by atoms with E-state index in [-0.39, 0.29) is 39.1 Å². The van der Waals surface area contributed by atoms with Gasteiger partial charge < -0.3 is 24.5 Å². The van der Waals surface area contributed by atoms with Crippen molar-refractivity contribution in [3.8, 4) is 11.4 Å². The largest absolute Gasteiger partial charge is 0.432 e. The molecular weight excluding hydrogens is 655 g/mol. The summed E-state index contributed by atoms with van der Waals surface area (Å²) in [6, 6.07) is 0.194. The highest BCUT2D eigenvalue weighted by molar-refractivity contribution is 6.74. The van der Waals surface area contributed by atoms with Crippen LogP contribution in [0.15, 0.2) is 18.7 Å². The molecule has 1 fully saturated rings. The molecular formula is C34H63N7O4Si3. The van der Waals surface area contributed by atoms with Crippen LogP contribution in [-0.4, -0.2) is 76.6 Å². The number of imidazole rings is 1. The first-order valence-electron chi connectivity index (χ1n) is 17.5. The first kappa shape index (κ1) is 38.8. The number of ether oxygens (including phenoxy) is 1. The molecule has 48 heavy (non-hydrogen) atoms. The van der Waals surface area contributed by atoms with Crippen molar-refractivity contribution in [3.05, 3.63) is 18.7 Å². The summed E-state index contributed by atoms with van der Waals surface area (Å²) in [5.41, 5.74) is 8.43. The van der Waals surface area contributed by atoms with E-state index in [0.29, 0.717) is 29.4 Å². The second-order valence-electron chi connectivity index (χ2n) is 18.3. The molecule has 14 heteroatoms. The number of rotatable bonds is 12. The van der Waals surface area contributed by atoms with Gasteiger partial charge in [0.2, 0.25) is 0 Å². The van der Waals surface area contributed by atoms with Gasteiger partial charge in [-0.1, -0.05) is 48.5 Å². The molecule has 0 amide bonds. The Bertz CT molecular complexity index is 1580. The van der Waals surface area contributed by atoms with E-state index in [1.54, 1.807) is 12.5 Å². The molecule has 4 heterocycles. The molecule has 1 saturated heterocycles. The van der Waals surface area contributed by atoms with Gasteiger partial charge in [0, 0.05) is 18.2 Å². The first-order valence-corrected chi connectivity index (χ1v) is 26.3. The number of hydrogen-bond donors (Lipinski definition) is 3. The smallest absolute Gasteiger partial charge is 0.192 e. The lowest BCUT2D eigenvalue weighted by atomic mass is 9.78. The maximum absolute atomic E-state index is 11.5. The summed E-state index contributed by atoms with van der Waals surface area (Å²) < 4.78 is 17.9. The van der Waals surface area contributed by atoms with Crippen molar-refractivity contribution in [1.29, 1.82) is 0 Å². The van der Waals surface area contributed by atoms with E-state index in [2.05, 4.69) is 85.5 Å². The third-order valence-corrected chi connectivity index (χ3v) is 23.6. The van der Waals surface area contributed by atoms with E-state index < -0.39 is 31.2 Å². The zero-order valence-electron chi connectivity index (χ0n) is 32.2. The van der Waals surface area contributed by atoms with Crippen LogP contribution < -0.4 is 5.73 Å². The molecule has 2 unspecified atom stereocenters. The molecule has 270 valence electrons. The minimum Gasteiger partial charge on any atom is -0.432 e. The maximum atomic E-state index is 11.5. The molecule has 1 aliphatic heterocycles. The molecule has 4 rings (SSSR count). The van der Waals surface area contributed by atoms with Gasteiger partial charge in [0.25, 0.3) is 0 Å². The molecule has 3 aromatic heterocycles. The summed E-state index contributed by atoms with van der Waals surface area (Å²) in [6.45, 7) is 32.7. The second-order valence-corrected chi connectivity index (χ2v) is 32.1. The van der Waals surface area contributed by atoms with Crippen LogP contribution in [0, 0.1) is 11.8 Å². The Morgan fingerprint density at radius 1 is 0.917 bits per heavy atom. The van der Waals surface area contributed by atoms with Gasteiger partial charge in [0.15, 0.2) is 42.2 Å². The maximum Gasteiger partial charge on any atom is 0.192 e. The zero-order valence-corrected chi connectivity index (χ0v) is 35.2. The molecule has 4 atom stereocenters. The van der Waals surface area contributed by atoms with E-state index in [9.17, 15) is 9.59 Å². The predicted molar refractivity (Wildman–Crippen MR) is 202 cm³/mol. The van der Waals surface area contributed by atoms with Crippen LogP contribution in [0.2, 0.25) is 54.4 Å². The molecule has 0 saturated carbocycles. The average Bonchev–Trinajstić information content (AvgIpc) is 3.64. The van der Waals surface area contributed by atoms with Gasteiger partial charge in [-0.25, -0.2) is 15.0 Å². The summed E-state index contributed by atoms with van der Waals surface area (Å²) >= 11 is 0. The fourth-order valence-electron chi connectivity index (χ4n) is 6.01. The number of nitrogens with two attached hydrogens (primary N) is 1. The van der Waals surface area contributed by atoms with Crippen molar-refractivity contribution in [2.24, 2.45) is 11.8 Å². The lowest BCUT2D eigenvalue weighted by Crippen LogP contribution is -2.46. The standard InChI is InChI=1S/C34H63N7O4Si3/c1-22(2)41-19-23(18-37-41)29-38-28(35)27-30(39-29)40(21-36-27)31-25(17-34(8,9)47(12,13)43)24(16-33(6,7)46(10,11)42)26(45-31)20-44-48(14,15)32(3,4)5/h18-19,21-22,24-26,31,42-43H,16-17,20H2,1-15H3,(H2,35,38,39)/t24-,25?,26+,31?/m0/s1. The van der Waals surface area contributed by atoms with Crippen molar-refractivity contribution in [2.75, 3.05) is 12.3 Å². The highest BCUT2D eigenvalue weighted by atomic mass is 28.4. The average molecular weight is 718 g/mol. The molecule has 11 nitrogen and oxygen atoms in total.